The van der Waals surface area contributed by atoms with Gasteiger partial charge in [0.15, 0.2) is 5.65 Å². The predicted molar refractivity (Wildman–Crippen MR) is 102 cm³/mol. The van der Waals surface area contributed by atoms with Gasteiger partial charge in [-0.2, -0.15) is 9.97 Å². The summed E-state index contributed by atoms with van der Waals surface area (Å²) in [6, 6.07) is 10.6. The molecule has 1 N–H and O–H groups in total. The molecule has 0 radical (unpaired) electrons. The van der Waals surface area contributed by atoms with Crippen LogP contribution in [0.15, 0.2) is 36.4 Å². The van der Waals surface area contributed by atoms with E-state index >= 15 is 0 Å². The molecule has 0 spiro atoms. The molecule has 1 aliphatic heterocycles. The van der Waals surface area contributed by atoms with E-state index in [4.69, 9.17) is 16.3 Å². The molecule has 3 aromatic rings. The van der Waals surface area contributed by atoms with Crippen LogP contribution >= 0.6 is 11.6 Å². The lowest BCUT2D eigenvalue weighted by Gasteiger charge is -2.34. The van der Waals surface area contributed by atoms with E-state index < -0.39 is 5.97 Å². The van der Waals surface area contributed by atoms with Gasteiger partial charge in [-0.15, -0.1) is 0 Å². The van der Waals surface area contributed by atoms with Crippen LogP contribution in [-0.4, -0.2) is 51.8 Å². The van der Waals surface area contributed by atoms with Gasteiger partial charge in [0.05, 0.1) is 35.9 Å². The van der Waals surface area contributed by atoms with Gasteiger partial charge in [0.1, 0.15) is 5.82 Å². The number of rotatable bonds is 3. The molecule has 1 aliphatic rings. The van der Waals surface area contributed by atoms with Crippen molar-refractivity contribution in [2.24, 2.45) is 0 Å². The van der Waals surface area contributed by atoms with Crippen LogP contribution in [-0.2, 0) is 4.74 Å². The molecule has 8 heteroatoms. The van der Waals surface area contributed by atoms with Gasteiger partial charge in [-0.25, -0.2) is 9.78 Å². The summed E-state index contributed by atoms with van der Waals surface area (Å²) in [4.78, 5) is 26.7. The third kappa shape index (κ3) is 3.43. The Morgan fingerprint density at radius 3 is 2.89 bits per heavy atom. The zero-order valence-electron chi connectivity index (χ0n) is 14.6. The zero-order chi connectivity index (χ0) is 19.0. The number of pyridine rings is 1. The average molecular weight is 385 g/mol. The molecule has 1 fully saturated rings. The summed E-state index contributed by atoms with van der Waals surface area (Å²) in [5.74, 6) is -0.245. The minimum atomic E-state index is -0.980. The monoisotopic (exact) mass is 384 g/mol. The molecule has 0 amide bonds. The first-order valence-corrected chi connectivity index (χ1v) is 8.93. The topological polar surface area (TPSA) is 88.4 Å². The number of halogens is 1. The summed E-state index contributed by atoms with van der Waals surface area (Å²) in [5.41, 5.74) is 2.01. The number of anilines is 1. The lowest BCUT2D eigenvalue weighted by molar-refractivity contribution is 0.0697. The molecule has 27 heavy (non-hydrogen) atoms. The molecule has 0 saturated carbocycles. The van der Waals surface area contributed by atoms with Crippen LogP contribution in [0.5, 0.6) is 0 Å². The van der Waals surface area contributed by atoms with Crippen LogP contribution in [0.2, 0.25) is 5.28 Å². The second-order valence-electron chi connectivity index (χ2n) is 6.39. The molecule has 1 atom stereocenters. The molecular weight excluding hydrogens is 368 g/mol. The number of aromatic nitrogens is 3. The first-order valence-electron chi connectivity index (χ1n) is 8.55. The van der Waals surface area contributed by atoms with E-state index in [0.29, 0.717) is 36.7 Å². The predicted octanol–water partition coefficient (Wildman–Crippen LogP) is 3.27. The molecular formula is C19H17ClN4O3. The average Bonchev–Trinajstić information content (AvgIpc) is 2.67. The highest BCUT2D eigenvalue weighted by Crippen LogP contribution is 2.29. The first-order chi connectivity index (χ1) is 13.0. The number of morpholine rings is 1. The van der Waals surface area contributed by atoms with Crippen molar-refractivity contribution in [2.75, 3.05) is 24.7 Å². The zero-order valence-corrected chi connectivity index (χ0v) is 15.3. The van der Waals surface area contributed by atoms with E-state index in [1.54, 1.807) is 18.2 Å². The van der Waals surface area contributed by atoms with E-state index in [2.05, 4.69) is 26.8 Å². The molecule has 0 unspecified atom stereocenters. The number of benzene rings is 1. The molecule has 0 aliphatic carbocycles. The van der Waals surface area contributed by atoms with Crippen molar-refractivity contribution in [3.8, 4) is 11.3 Å². The Morgan fingerprint density at radius 2 is 2.11 bits per heavy atom. The summed E-state index contributed by atoms with van der Waals surface area (Å²) >= 11 is 6.16. The van der Waals surface area contributed by atoms with Crippen molar-refractivity contribution in [1.82, 2.24) is 15.0 Å². The Hall–Kier alpha value is -2.77. The standard InChI is InChI=1S/C19H17ClN4O3/c1-11-10-27-8-7-24(11)17-14-5-6-15(21-16(14)22-19(20)23-17)12-3-2-4-13(9-12)18(25)26/h2-6,9,11H,7-8,10H2,1H3,(H,25,26)/t11-/m0/s1. The van der Waals surface area contributed by atoms with E-state index in [1.165, 1.54) is 0 Å². The summed E-state index contributed by atoms with van der Waals surface area (Å²) < 4.78 is 5.50. The molecule has 138 valence electrons. The lowest BCUT2D eigenvalue weighted by atomic mass is 10.1. The number of carboxylic acid groups (broad SMARTS) is 1. The Balaban J connectivity index is 1.81. The number of carbonyl (C=O) groups is 1. The van der Waals surface area contributed by atoms with Crippen molar-refractivity contribution < 1.29 is 14.6 Å². The second kappa shape index (κ2) is 7.09. The van der Waals surface area contributed by atoms with Crippen LogP contribution in [0.25, 0.3) is 22.3 Å². The first kappa shape index (κ1) is 17.6. The van der Waals surface area contributed by atoms with Gasteiger partial charge in [0.2, 0.25) is 5.28 Å². The highest BCUT2D eigenvalue weighted by Gasteiger charge is 2.23. The fraction of sp³-hybridized carbons (Fsp3) is 0.263. The maximum absolute atomic E-state index is 11.2. The summed E-state index contributed by atoms with van der Waals surface area (Å²) in [7, 11) is 0. The Morgan fingerprint density at radius 1 is 1.26 bits per heavy atom. The fourth-order valence-electron chi connectivity index (χ4n) is 3.20. The molecule has 0 bridgehead atoms. The normalized spacial score (nSPS) is 17.3. The van der Waals surface area contributed by atoms with Crippen molar-refractivity contribution in [3.63, 3.8) is 0 Å². The summed E-state index contributed by atoms with van der Waals surface area (Å²) in [6.07, 6.45) is 0. The van der Waals surface area contributed by atoms with Crippen molar-refractivity contribution >= 4 is 34.4 Å². The minimum absolute atomic E-state index is 0.125. The van der Waals surface area contributed by atoms with Crippen molar-refractivity contribution in [2.45, 2.75) is 13.0 Å². The number of hydrogen-bond donors (Lipinski definition) is 1. The number of carboxylic acids is 1. The number of aromatic carboxylic acids is 1. The number of fused-ring (bicyclic) bond motifs is 1. The second-order valence-corrected chi connectivity index (χ2v) is 6.73. The molecule has 1 saturated heterocycles. The fourth-order valence-corrected chi connectivity index (χ4v) is 3.36. The van der Waals surface area contributed by atoms with Gasteiger partial charge in [0.25, 0.3) is 0 Å². The van der Waals surface area contributed by atoms with Gasteiger partial charge in [-0.05, 0) is 42.8 Å². The molecule has 1 aromatic carbocycles. The third-order valence-corrected chi connectivity index (χ3v) is 4.73. The number of nitrogens with zero attached hydrogens (tertiary/aromatic N) is 4. The van der Waals surface area contributed by atoms with E-state index in [1.807, 2.05) is 18.2 Å². The van der Waals surface area contributed by atoms with Gasteiger partial charge in [-0.3, -0.25) is 0 Å². The van der Waals surface area contributed by atoms with Crippen molar-refractivity contribution in [3.05, 3.63) is 47.2 Å². The minimum Gasteiger partial charge on any atom is -0.478 e. The van der Waals surface area contributed by atoms with Crippen molar-refractivity contribution in [1.29, 1.82) is 0 Å². The van der Waals surface area contributed by atoms with E-state index in [-0.39, 0.29) is 16.9 Å². The smallest absolute Gasteiger partial charge is 0.335 e. The van der Waals surface area contributed by atoms with Gasteiger partial charge in [-0.1, -0.05) is 12.1 Å². The van der Waals surface area contributed by atoms with Gasteiger partial charge >= 0.3 is 5.97 Å². The van der Waals surface area contributed by atoms with Crippen LogP contribution < -0.4 is 4.90 Å². The van der Waals surface area contributed by atoms with Crippen LogP contribution in [0, 0.1) is 0 Å². The van der Waals surface area contributed by atoms with Gasteiger partial charge < -0.3 is 14.7 Å². The molecule has 4 rings (SSSR count). The number of hydrogen-bond acceptors (Lipinski definition) is 6. The Bertz CT molecular complexity index is 1030. The van der Waals surface area contributed by atoms with Crippen LogP contribution in [0.4, 0.5) is 5.82 Å². The van der Waals surface area contributed by atoms with Gasteiger partial charge in [0, 0.05) is 12.1 Å². The summed E-state index contributed by atoms with van der Waals surface area (Å²) in [6.45, 7) is 4.03. The highest BCUT2D eigenvalue weighted by molar-refractivity contribution is 6.28. The molecule has 2 aromatic heterocycles. The largest absolute Gasteiger partial charge is 0.478 e. The van der Waals surface area contributed by atoms with Crippen LogP contribution in [0.1, 0.15) is 17.3 Å². The maximum atomic E-state index is 11.2. The van der Waals surface area contributed by atoms with Crippen LogP contribution in [0.3, 0.4) is 0 Å². The summed E-state index contributed by atoms with van der Waals surface area (Å²) in [5, 5.41) is 10.1. The quantitative estimate of drug-likeness (QED) is 0.693. The highest BCUT2D eigenvalue weighted by atomic mass is 35.5. The SMILES string of the molecule is C[C@H]1COCCN1c1nc(Cl)nc2nc(-c3cccc(C(=O)O)c3)ccc12. The molecule has 3 heterocycles. The number of ether oxygens (including phenoxy) is 1. The third-order valence-electron chi connectivity index (χ3n) is 4.56. The molecule has 7 nitrogen and oxygen atoms in total. The maximum Gasteiger partial charge on any atom is 0.335 e. The van der Waals surface area contributed by atoms with E-state index in [9.17, 15) is 9.90 Å². The lowest BCUT2D eigenvalue weighted by Crippen LogP contribution is -2.44. The Labute approximate surface area is 160 Å². The van der Waals surface area contributed by atoms with E-state index in [0.717, 1.165) is 11.2 Å². The Kier molecular flexibility index (Phi) is 4.63.